The summed E-state index contributed by atoms with van der Waals surface area (Å²) in [7, 11) is 1.68. The van der Waals surface area contributed by atoms with E-state index >= 15 is 0 Å². The van der Waals surface area contributed by atoms with Crippen LogP contribution in [0.4, 0.5) is 11.4 Å². The summed E-state index contributed by atoms with van der Waals surface area (Å²) >= 11 is 0. The third kappa shape index (κ3) is 25.3. The number of ether oxygens (including phenoxy) is 15. The second kappa shape index (κ2) is 43.9. The number of fused-ring (bicyclic) bond motifs is 6. The first-order valence-electron chi connectivity index (χ1n) is 33.4. The monoisotopic (exact) mass is 1320 g/mol. The highest BCUT2D eigenvalue weighted by Crippen LogP contribution is 2.51. The van der Waals surface area contributed by atoms with Crippen molar-refractivity contribution in [3.63, 3.8) is 0 Å². The number of anilines is 1. The third-order valence-corrected chi connectivity index (χ3v) is 15.9. The molecule has 0 aromatic heterocycles. The van der Waals surface area contributed by atoms with Crippen molar-refractivity contribution in [2.75, 3.05) is 217 Å². The number of hydrogen-bond donors (Lipinski definition) is 0. The molecule has 0 atom stereocenters. The van der Waals surface area contributed by atoms with Gasteiger partial charge in [0, 0.05) is 61.0 Å². The summed E-state index contributed by atoms with van der Waals surface area (Å²) in [5.74, 6) is -1.73. The van der Waals surface area contributed by atoms with Crippen molar-refractivity contribution in [2.24, 2.45) is 0 Å². The molecule has 0 spiro atoms. The van der Waals surface area contributed by atoms with Crippen molar-refractivity contribution in [3.8, 4) is 0 Å². The number of hydrogen-bond acceptors (Lipinski definition) is 20. The summed E-state index contributed by atoms with van der Waals surface area (Å²) in [5.41, 5.74) is 7.09. The molecule has 0 N–H and O–H groups in total. The highest BCUT2D eigenvalue weighted by Gasteiger charge is 2.46. The average molecular weight is 1330 g/mol. The van der Waals surface area contributed by atoms with Crippen LogP contribution in [-0.2, 0) is 101 Å². The fourth-order valence-electron chi connectivity index (χ4n) is 11.3. The van der Waals surface area contributed by atoms with Crippen molar-refractivity contribution in [2.45, 2.75) is 57.8 Å². The molecule has 0 bridgehead atoms. The van der Waals surface area contributed by atoms with E-state index in [0.29, 0.717) is 190 Å². The largest absolute Gasteiger partial charge is 0.382 e. The van der Waals surface area contributed by atoms with Gasteiger partial charge in [0.15, 0.2) is 12.3 Å². The van der Waals surface area contributed by atoms with Gasteiger partial charge < -0.3 is 80.8 Å². The highest BCUT2D eigenvalue weighted by atomic mass is 16.7. The molecular weight excluding hydrogens is 1220 g/mol. The predicted molar refractivity (Wildman–Crippen MR) is 362 cm³/mol. The van der Waals surface area contributed by atoms with Gasteiger partial charge in [-0.2, -0.15) is 4.58 Å². The summed E-state index contributed by atoms with van der Waals surface area (Å²) in [6.45, 7) is 23.8. The van der Waals surface area contributed by atoms with Gasteiger partial charge in [-0.25, -0.2) is 4.79 Å². The molecule has 1 fully saturated rings. The Morgan fingerprint density at radius 3 is 1.33 bits per heavy atom. The number of amides is 2. The Labute approximate surface area is 560 Å². The van der Waals surface area contributed by atoms with Crippen LogP contribution in [0, 0.1) is 0 Å². The Bertz CT molecular complexity index is 3070. The molecule has 7 rings (SSSR count). The molecule has 3 heterocycles. The van der Waals surface area contributed by atoms with Gasteiger partial charge in [0.05, 0.1) is 197 Å². The van der Waals surface area contributed by atoms with E-state index in [0.717, 1.165) is 6.54 Å². The summed E-state index contributed by atoms with van der Waals surface area (Å²) in [5, 5.41) is 5.54. The van der Waals surface area contributed by atoms with Crippen LogP contribution in [-0.4, -0.2) is 245 Å². The van der Waals surface area contributed by atoms with Crippen LogP contribution >= 0.6 is 0 Å². The minimum atomic E-state index is -0.703. The second-order valence-electron chi connectivity index (χ2n) is 23.3. The van der Waals surface area contributed by atoms with Crippen LogP contribution in [0.3, 0.4) is 0 Å². The summed E-state index contributed by atoms with van der Waals surface area (Å²) in [6.07, 6.45) is 15.1. The van der Waals surface area contributed by atoms with E-state index in [-0.39, 0.29) is 43.3 Å². The van der Waals surface area contributed by atoms with Crippen molar-refractivity contribution in [1.82, 2.24) is 5.06 Å². The Morgan fingerprint density at radius 1 is 0.442 bits per heavy atom. The van der Waals surface area contributed by atoms with Gasteiger partial charge in [-0.3, -0.25) is 9.59 Å². The first kappa shape index (κ1) is 76.2. The number of imide groups is 1. The highest BCUT2D eigenvalue weighted by molar-refractivity contribution is 6.08. The Morgan fingerprint density at radius 2 is 0.842 bits per heavy atom. The number of carbonyl (C=O) groups is 3. The quantitative estimate of drug-likeness (QED) is 0.0175. The molecule has 2 amide bonds. The van der Waals surface area contributed by atoms with E-state index in [4.69, 9.17) is 75.9 Å². The molecule has 522 valence electrons. The van der Waals surface area contributed by atoms with Crippen LogP contribution in [0.25, 0.3) is 21.5 Å². The van der Waals surface area contributed by atoms with Gasteiger partial charge in [-0.15, -0.1) is 5.06 Å². The minimum Gasteiger partial charge on any atom is -0.382 e. The van der Waals surface area contributed by atoms with Crippen molar-refractivity contribution in [3.05, 3.63) is 132 Å². The van der Waals surface area contributed by atoms with E-state index < -0.39 is 17.8 Å². The van der Waals surface area contributed by atoms with E-state index in [2.05, 4.69) is 152 Å². The van der Waals surface area contributed by atoms with Gasteiger partial charge in [0.1, 0.15) is 6.61 Å². The normalized spacial score (nSPS) is 15.7. The van der Waals surface area contributed by atoms with Crippen LogP contribution in [0.2, 0.25) is 0 Å². The number of carbonyl (C=O) groups excluding carboxylic acids is 3. The zero-order valence-corrected chi connectivity index (χ0v) is 56.6. The molecule has 4 aromatic carbocycles. The van der Waals surface area contributed by atoms with Crippen molar-refractivity contribution in [1.29, 1.82) is 0 Å². The minimum absolute atomic E-state index is 0.0526. The van der Waals surface area contributed by atoms with Gasteiger partial charge in [0.2, 0.25) is 5.69 Å². The molecule has 22 heteroatoms. The van der Waals surface area contributed by atoms with E-state index in [1.165, 1.54) is 55.5 Å². The maximum Gasteiger partial charge on any atom is 0.335 e. The predicted octanol–water partition coefficient (Wildman–Crippen LogP) is 8.60. The summed E-state index contributed by atoms with van der Waals surface area (Å²) in [4.78, 5) is 41.9. The molecule has 0 saturated carbocycles. The van der Waals surface area contributed by atoms with E-state index in [1.807, 2.05) is 0 Å². The van der Waals surface area contributed by atoms with Gasteiger partial charge in [-0.05, 0) is 59.2 Å². The molecule has 4 aromatic rings. The summed E-state index contributed by atoms with van der Waals surface area (Å²) < 4.78 is 86.5. The zero-order chi connectivity index (χ0) is 67.0. The van der Waals surface area contributed by atoms with Crippen LogP contribution in [0.15, 0.2) is 121 Å². The first-order valence-corrected chi connectivity index (χ1v) is 33.4. The number of hydroxylamine groups is 2. The van der Waals surface area contributed by atoms with Crippen molar-refractivity contribution >= 4 is 56.4 Å². The Hall–Kier alpha value is -6.16. The molecule has 0 radical (unpaired) electrons. The molecule has 22 nitrogen and oxygen atoms in total. The topological polar surface area (TPSA) is 208 Å². The first-order chi connectivity index (χ1) is 46.5. The molecule has 0 aliphatic carbocycles. The standard InChI is InChI=1S/C73H102N3O19/c1-72(2)65(74(28-31-82-36-39-84-34-33-80-5)63-23-21-59-15-11-13-17-61(59)70(63)72)19-9-7-6-8-10-20-66-73(3,4)71-62-18-14-12-16-60(62)22-24-64(71)75(66)29-32-83-37-40-86-42-44-88-46-48-90-50-52-92-54-56-94-58-57-93-55-53-91-51-49-89-47-45-87-43-41-85-38-35-81-30-27-69(79)95-76-67(77)25-26-68(76)78/h6-24H,25-58H2,1-5H3/q+1. The molecule has 3 aliphatic heterocycles. The maximum atomic E-state index is 11.7. The number of rotatable bonds is 53. The zero-order valence-electron chi connectivity index (χ0n) is 56.6. The van der Waals surface area contributed by atoms with Crippen LogP contribution < -0.4 is 4.90 Å². The van der Waals surface area contributed by atoms with Gasteiger partial charge in [0.25, 0.3) is 11.8 Å². The third-order valence-electron chi connectivity index (χ3n) is 15.9. The van der Waals surface area contributed by atoms with Crippen LogP contribution in [0.1, 0.15) is 58.1 Å². The fourth-order valence-corrected chi connectivity index (χ4v) is 11.3. The lowest BCUT2D eigenvalue weighted by atomic mass is 9.79. The number of methoxy groups -OCH3 is 1. The van der Waals surface area contributed by atoms with Crippen molar-refractivity contribution < 1.29 is 94.8 Å². The molecular formula is C73H102N3O19+. The number of nitrogens with zero attached hydrogens (tertiary/aromatic N) is 3. The molecule has 3 aliphatic rings. The fraction of sp³-hybridized carbons (Fsp3) is 0.562. The SMILES string of the molecule is COCCOCCOCCN1\C(=C/C=C/C=C/C=C/C2=[N+](CCOCCOCCOCCOCCOCCOCCOCCOCCOCCOCCOCCOCCC(=O)ON3C(=O)CCC3=O)c3ccc4ccccc4c3C2(C)C)C(C)(C)c2c1ccc1ccccc21. The maximum absolute atomic E-state index is 11.7. The lowest BCUT2D eigenvalue weighted by Crippen LogP contribution is -2.32. The van der Waals surface area contributed by atoms with Gasteiger partial charge in [-0.1, -0.05) is 98.8 Å². The Balaban J connectivity index is 0.672. The molecule has 1 saturated heterocycles. The second-order valence-corrected chi connectivity index (χ2v) is 23.3. The van der Waals surface area contributed by atoms with E-state index in [9.17, 15) is 14.4 Å². The summed E-state index contributed by atoms with van der Waals surface area (Å²) in [6, 6.07) is 26.3. The average Bonchev–Trinajstić information content (AvgIpc) is 1.59. The Kier molecular flexibility index (Phi) is 35.2. The van der Waals surface area contributed by atoms with Crippen LogP contribution in [0.5, 0.6) is 0 Å². The molecule has 95 heavy (non-hydrogen) atoms. The lowest BCUT2D eigenvalue weighted by molar-refractivity contribution is -0.442. The van der Waals surface area contributed by atoms with E-state index in [1.54, 1.807) is 7.11 Å². The number of benzene rings is 4. The van der Waals surface area contributed by atoms with Gasteiger partial charge >= 0.3 is 5.97 Å². The number of allylic oxidation sites excluding steroid dienone is 8. The smallest absolute Gasteiger partial charge is 0.335 e. The molecule has 0 unspecified atom stereocenters. The lowest BCUT2D eigenvalue weighted by Gasteiger charge is -2.27.